The van der Waals surface area contributed by atoms with Gasteiger partial charge in [0.25, 0.3) is 0 Å². The van der Waals surface area contributed by atoms with Crippen LogP contribution in [0.2, 0.25) is 0 Å². The Morgan fingerprint density at radius 3 is 1.68 bits per heavy atom. The molecule has 6 heterocycles. The third-order valence-corrected chi connectivity index (χ3v) is 25.3. The number of carbonyl (C=O) groups excluding carboxylic acids is 1. The van der Waals surface area contributed by atoms with Crippen LogP contribution in [0.4, 0.5) is 0 Å². The molecule has 11 rings (SSSR count). The Hall–Kier alpha value is -2.44. The lowest BCUT2D eigenvalue weighted by Crippen LogP contribution is -2.67. The molecule has 38 atom stereocenters. The first-order valence-electron chi connectivity index (χ1n) is 34.1. The molecular weight excluding hydrogens is 1290 g/mol. The molecule has 97 heavy (non-hydrogen) atoms. The third-order valence-electron chi connectivity index (χ3n) is 25.3. The molecule has 4 saturated carbocycles. The van der Waals surface area contributed by atoms with E-state index in [1.807, 2.05) is 6.92 Å². The number of esters is 1. The third kappa shape index (κ3) is 13.0. The molecule has 0 aromatic heterocycles. The summed E-state index contributed by atoms with van der Waals surface area (Å²) in [6.45, 7) is 13.5. The smallest absolute Gasteiger partial charge is 0.335 e. The minimum Gasteiger partial charge on any atom is -0.479 e. The summed E-state index contributed by atoms with van der Waals surface area (Å²) in [6, 6.07) is 0. The summed E-state index contributed by atoms with van der Waals surface area (Å²) in [5.41, 5.74) is -2.62. The molecule has 32 nitrogen and oxygen atoms in total. The van der Waals surface area contributed by atoms with Crippen molar-refractivity contribution in [3.8, 4) is 0 Å². The molecule has 11 aliphatic rings. The molecule has 18 N–H and O–H groups in total. The highest BCUT2D eigenvalue weighted by Gasteiger charge is 2.71. The number of aliphatic carboxylic acids is 1. The molecule has 556 valence electrons. The zero-order chi connectivity index (χ0) is 70.9. The highest BCUT2D eigenvalue weighted by Crippen LogP contribution is 2.76. The molecule has 6 aliphatic heterocycles. The molecule has 0 bridgehead atoms. The van der Waals surface area contributed by atoms with Gasteiger partial charge >= 0.3 is 11.9 Å². The summed E-state index contributed by atoms with van der Waals surface area (Å²) < 4.78 is 71.7. The molecule has 6 saturated heterocycles. The van der Waals surface area contributed by atoms with Gasteiger partial charge in [0.05, 0.1) is 50.2 Å². The Balaban J connectivity index is 0.799. The molecule has 0 unspecified atom stereocenters. The molecule has 10 fully saturated rings. The van der Waals surface area contributed by atoms with Gasteiger partial charge in [-0.3, -0.25) is 4.79 Å². The van der Waals surface area contributed by atoms with E-state index in [1.54, 1.807) is 0 Å². The number of carboxylic acid groups (broad SMARTS) is 1. The van der Waals surface area contributed by atoms with E-state index in [1.165, 1.54) is 13.8 Å². The molecule has 0 spiro atoms. The van der Waals surface area contributed by atoms with E-state index in [-0.39, 0.29) is 29.8 Å². The van der Waals surface area contributed by atoms with Crippen molar-refractivity contribution in [2.24, 2.45) is 50.2 Å². The maximum Gasteiger partial charge on any atom is 0.335 e. The second-order valence-electron chi connectivity index (χ2n) is 31.3. The summed E-state index contributed by atoms with van der Waals surface area (Å²) in [7, 11) is 0. The van der Waals surface area contributed by atoms with Crippen molar-refractivity contribution in [2.45, 2.75) is 304 Å². The lowest BCUT2D eigenvalue weighted by Gasteiger charge is -2.71. The lowest BCUT2D eigenvalue weighted by molar-refractivity contribution is -0.387. The maximum absolute atomic E-state index is 15.4. The predicted octanol–water partition coefficient (Wildman–Crippen LogP) is -4.63. The van der Waals surface area contributed by atoms with Crippen molar-refractivity contribution < 1.29 is 158 Å². The second-order valence-corrected chi connectivity index (χ2v) is 31.3. The summed E-state index contributed by atoms with van der Waals surface area (Å²) in [5, 5.41) is 196. The monoisotopic (exact) mass is 1400 g/mol. The Kier molecular flexibility index (Phi) is 22.0. The quantitative estimate of drug-likeness (QED) is 0.0393. The van der Waals surface area contributed by atoms with Gasteiger partial charge in [-0.15, -0.1) is 0 Å². The zero-order valence-corrected chi connectivity index (χ0v) is 55.8. The zero-order valence-electron chi connectivity index (χ0n) is 55.8. The second kappa shape index (κ2) is 28.2. The van der Waals surface area contributed by atoms with Crippen LogP contribution >= 0.6 is 0 Å². The molecule has 0 aromatic carbocycles. The van der Waals surface area contributed by atoms with E-state index in [4.69, 9.17) is 56.8 Å². The van der Waals surface area contributed by atoms with E-state index in [9.17, 15) is 96.7 Å². The van der Waals surface area contributed by atoms with Crippen molar-refractivity contribution in [1.82, 2.24) is 0 Å². The van der Waals surface area contributed by atoms with Crippen LogP contribution in [0.3, 0.4) is 0 Å². The summed E-state index contributed by atoms with van der Waals surface area (Å²) in [6.07, 6.45) is -43.3. The van der Waals surface area contributed by atoms with E-state index >= 15 is 4.79 Å². The van der Waals surface area contributed by atoms with Crippen LogP contribution < -0.4 is 0 Å². The first-order valence-corrected chi connectivity index (χ1v) is 34.1. The number of aliphatic hydroxyl groups is 17. The first kappa shape index (κ1) is 75.7. The Labute approximate surface area is 560 Å². The lowest BCUT2D eigenvalue weighted by atomic mass is 9.33. The largest absolute Gasteiger partial charge is 0.479 e. The van der Waals surface area contributed by atoms with Crippen molar-refractivity contribution in [3.63, 3.8) is 0 Å². The molecule has 0 aromatic rings. The number of allylic oxidation sites excluding steroid dienone is 2. The van der Waals surface area contributed by atoms with E-state index in [0.717, 1.165) is 5.57 Å². The molecule has 5 aliphatic carbocycles. The molecular formula is C65H104O32. The highest BCUT2D eigenvalue weighted by molar-refractivity contribution is 5.79. The van der Waals surface area contributed by atoms with Crippen LogP contribution in [0, 0.1) is 50.2 Å². The van der Waals surface area contributed by atoms with E-state index < -0.39 is 243 Å². The van der Waals surface area contributed by atoms with Gasteiger partial charge in [0, 0.05) is 5.41 Å². The number of hydrogen-bond acceptors (Lipinski definition) is 31. The first-order chi connectivity index (χ1) is 45.4. The van der Waals surface area contributed by atoms with Crippen LogP contribution in [-0.2, 0) is 66.4 Å². The Bertz CT molecular complexity index is 2780. The number of fused-ring (bicyclic) bond motifs is 7. The SMILES string of the molecule is C[C@@H]1O[C@@H](O[C@H]2[C@H](O[C@H]3CC[C@@]4(C)[C@@H](CC[C@]5(C)[C@@H]4CC=C4[C@@H]6CC(C)(C)CC[C@]6(C(=O)O[C@@H]6O[C@H](CO[C@@H]7O[C@H](CO)[C@@H](O[C@@H]8O[C@@H](C)[C@H](O)[C@H](O)[C@H]8O)[C@H](O)[C@H]7O)[C@@H](O)[C@H](O)[C@H]6O)CC[C@]45C)[C@]3(C)CO)OC[C@H](O)[C@@H]2O[C@@H]2O[C@H](C(=O)O)[C@@H](O)[C@H](O)[C@H]2O)[C@H](O)[C@@H](O)[C@H]1O. The van der Waals surface area contributed by atoms with Gasteiger partial charge in [0.15, 0.2) is 37.6 Å². The van der Waals surface area contributed by atoms with Crippen molar-refractivity contribution in [3.05, 3.63) is 11.6 Å². The van der Waals surface area contributed by atoms with E-state index in [0.29, 0.717) is 64.2 Å². The normalized spacial score (nSPS) is 54.6. The number of ether oxygens (including phenoxy) is 12. The average molecular weight is 1400 g/mol. The topological polar surface area (TPSA) is 509 Å². The van der Waals surface area contributed by atoms with Gasteiger partial charge in [0.1, 0.15) is 122 Å². The Morgan fingerprint density at radius 1 is 0.526 bits per heavy atom. The average Bonchev–Trinajstić information content (AvgIpc) is 0.675. The standard InChI is InChI=1S/C65H104O32/c1-24-34(69)37(72)43(78)54(88-24)94-49-29(20-66)90-53(47(82)42(49)77)87-22-30-36(71)39(74)45(80)56(91-30)97-59(85)65-17-15-60(3,4)19-27(65)26-9-10-32-61(5)13-12-33(62(6,23-67)31(61)11-14-64(32,8)63(26,7)16-18-65)92-58-51(96-55-44(79)38(73)35(70)25(2)89-55)48(28(68)21-86-58)93-57-46(81)40(75)41(76)50(95-57)52(83)84/h9,24-25,27-51,53-58,66-82H,10-23H2,1-8H3,(H,83,84)/t24-,25-,27-,28-,29+,30+,31+,32+,33-,34-,35-,36+,37-,38-,39-,40-,41-,42+,43+,44+,45+,46+,47+,48-,49+,50-,51+,53+,54-,55-,56-,57+,58-,61-,62-,63+,64+,65-/m0/s1. The number of carboxylic acids is 1. The fraction of sp³-hybridized carbons (Fsp3) is 0.938. The van der Waals surface area contributed by atoms with Crippen LogP contribution in [-0.4, -0.2) is 315 Å². The Morgan fingerprint density at radius 2 is 1.07 bits per heavy atom. The van der Waals surface area contributed by atoms with Gasteiger partial charge in [-0.2, -0.15) is 0 Å². The van der Waals surface area contributed by atoms with Crippen molar-refractivity contribution in [2.75, 3.05) is 26.4 Å². The van der Waals surface area contributed by atoms with Gasteiger partial charge in [-0.25, -0.2) is 4.79 Å². The van der Waals surface area contributed by atoms with Gasteiger partial charge in [-0.1, -0.05) is 53.2 Å². The van der Waals surface area contributed by atoms with Crippen molar-refractivity contribution in [1.29, 1.82) is 0 Å². The van der Waals surface area contributed by atoms with Crippen LogP contribution in [0.5, 0.6) is 0 Å². The minimum absolute atomic E-state index is 0.00917. The van der Waals surface area contributed by atoms with Gasteiger partial charge in [-0.05, 0) is 117 Å². The maximum atomic E-state index is 15.4. The summed E-state index contributed by atoms with van der Waals surface area (Å²) in [4.78, 5) is 27.5. The summed E-state index contributed by atoms with van der Waals surface area (Å²) in [5.74, 6) is -2.93. The molecule has 32 heteroatoms. The number of carbonyl (C=O) groups is 2. The van der Waals surface area contributed by atoms with Crippen LogP contribution in [0.15, 0.2) is 11.6 Å². The highest BCUT2D eigenvalue weighted by atomic mass is 16.8. The van der Waals surface area contributed by atoms with Crippen molar-refractivity contribution >= 4 is 11.9 Å². The number of hydrogen-bond donors (Lipinski definition) is 18. The van der Waals surface area contributed by atoms with Gasteiger partial charge < -0.3 is 149 Å². The fourth-order valence-corrected chi connectivity index (χ4v) is 19.0. The number of aliphatic hydroxyl groups excluding tert-OH is 17. The molecule has 0 amide bonds. The number of rotatable bonds is 16. The minimum atomic E-state index is -2.09. The van der Waals surface area contributed by atoms with Crippen LogP contribution in [0.1, 0.15) is 120 Å². The van der Waals surface area contributed by atoms with E-state index in [2.05, 4.69) is 40.7 Å². The fourth-order valence-electron chi connectivity index (χ4n) is 19.0. The predicted molar refractivity (Wildman–Crippen MR) is 321 cm³/mol. The molecule has 0 radical (unpaired) electrons. The van der Waals surface area contributed by atoms with Crippen LogP contribution in [0.25, 0.3) is 0 Å². The van der Waals surface area contributed by atoms with Gasteiger partial charge in [0.2, 0.25) is 6.29 Å². The summed E-state index contributed by atoms with van der Waals surface area (Å²) >= 11 is 0.